The average molecular weight is 324 g/mol. The van der Waals surface area contributed by atoms with Gasteiger partial charge in [0.25, 0.3) is 0 Å². The Morgan fingerprint density at radius 3 is 2.38 bits per heavy atom. The molecule has 0 N–H and O–H groups in total. The van der Waals surface area contributed by atoms with Crippen molar-refractivity contribution in [2.24, 2.45) is 0 Å². The van der Waals surface area contributed by atoms with E-state index in [1.54, 1.807) is 31.8 Å². The molecule has 0 unspecified atom stereocenters. The summed E-state index contributed by atoms with van der Waals surface area (Å²) >= 11 is 0. The number of hydrogen-bond acceptors (Lipinski definition) is 5. The highest BCUT2D eigenvalue weighted by Gasteiger charge is 2.19. The van der Waals surface area contributed by atoms with E-state index in [-0.39, 0.29) is 5.60 Å². The number of ether oxygens (including phenoxy) is 2. The molecule has 1 aromatic carbocycles. The Bertz CT molecular complexity index is 782. The zero-order valence-corrected chi connectivity index (χ0v) is 14.0. The number of methoxy groups -OCH3 is 1. The van der Waals surface area contributed by atoms with Gasteiger partial charge in [-0.15, -0.1) is 0 Å². The highest BCUT2D eigenvalue weighted by atomic mass is 16.5. The molecule has 0 aliphatic heterocycles. The van der Waals surface area contributed by atoms with Crippen molar-refractivity contribution in [3.05, 3.63) is 55.1 Å². The molecule has 0 atom stereocenters. The Labute approximate surface area is 141 Å². The van der Waals surface area contributed by atoms with Gasteiger partial charge in [0, 0.05) is 37.5 Å². The maximum atomic E-state index is 5.61. The van der Waals surface area contributed by atoms with Gasteiger partial charge in [-0.05, 0) is 44.2 Å². The van der Waals surface area contributed by atoms with E-state index in [1.807, 2.05) is 44.3 Å². The lowest BCUT2D eigenvalue weighted by Crippen LogP contribution is -2.29. The zero-order valence-electron chi connectivity index (χ0n) is 14.0. The second-order valence-corrected chi connectivity index (χ2v) is 6.00. The van der Waals surface area contributed by atoms with E-state index >= 15 is 0 Å². The normalized spacial score (nSPS) is 11.5. The maximum Gasteiger partial charge on any atom is 0.321 e. The molecule has 0 fully saturated rings. The summed E-state index contributed by atoms with van der Waals surface area (Å²) < 4.78 is 13.2. The average Bonchev–Trinajstić information content (AvgIpc) is 3.04. The molecule has 0 aliphatic rings. The van der Waals surface area contributed by atoms with Gasteiger partial charge in [0.1, 0.15) is 11.6 Å². The summed E-state index contributed by atoms with van der Waals surface area (Å²) in [5.74, 6) is 1.57. The molecule has 2 aromatic heterocycles. The smallest absolute Gasteiger partial charge is 0.321 e. The SMILES string of the molecule is COC(C)(C)Cn1ccnc1-c1ccc(Oc2ncccn2)cc1. The lowest BCUT2D eigenvalue weighted by atomic mass is 10.1. The lowest BCUT2D eigenvalue weighted by molar-refractivity contribution is 0.00850. The second-order valence-electron chi connectivity index (χ2n) is 6.00. The van der Waals surface area contributed by atoms with E-state index in [4.69, 9.17) is 9.47 Å². The molecule has 124 valence electrons. The fourth-order valence-electron chi connectivity index (χ4n) is 2.29. The quantitative estimate of drug-likeness (QED) is 0.694. The van der Waals surface area contributed by atoms with Crippen LogP contribution in [0.1, 0.15) is 13.8 Å². The van der Waals surface area contributed by atoms with Gasteiger partial charge in [-0.1, -0.05) is 0 Å². The first kappa shape index (κ1) is 16.1. The van der Waals surface area contributed by atoms with Crippen LogP contribution in [0, 0.1) is 0 Å². The van der Waals surface area contributed by atoms with E-state index in [1.165, 1.54) is 0 Å². The topological polar surface area (TPSA) is 62.1 Å². The third kappa shape index (κ3) is 3.78. The lowest BCUT2D eigenvalue weighted by Gasteiger charge is -2.24. The van der Waals surface area contributed by atoms with Gasteiger partial charge in [0.2, 0.25) is 0 Å². The van der Waals surface area contributed by atoms with Crippen molar-refractivity contribution in [2.75, 3.05) is 7.11 Å². The summed E-state index contributed by atoms with van der Waals surface area (Å²) in [5.41, 5.74) is 0.747. The Morgan fingerprint density at radius 1 is 1.00 bits per heavy atom. The van der Waals surface area contributed by atoms with Crippen LogP contribution in [0.15, 0.2) is 55.1 Å². The van der Waals surface area contributed by atoms with Crippen molar-refractivity contribution >= 4 is 0 Å². The monoisotopic (exact) mass is 324 g/mol. The predicted molar refractivity (Wildman–Crippen MR) is 90.9 cm³/mol. The molecule has 3 aromatic rings. The van der Waals surface area contributed by atoms with Gasteiger partial charge in [0.15, 0.2) is 0 Å². The molecule has 0 aliphatic carbocycles. The first-order valence-electron chi connectivity index (χ1n) is 7.69. The minimum absolute atomic E-state index is 0.261. The molecule has 6 nitrogen and oxygen atoms in total. The molecule has 6 heteroatoms. The minimum Gasteiger partial charge on any atom is -0.424 e. The number of nitrogens with zero attached hydrogens (tertiary/aromatic N) is 4. The van der Waals surface area contributed by atoms with Crippen LogP contribution in [-0.4, -0.2) is 32.2 Å². The van der Waals surface area contributed by atoms with Crippen LogP contribution < -0.4 is 4.74 Å². The Balaban J connectivity index is 1.78. The highest BCUT2D eigenvalue weighted by molar-refractivity contribution is 5.57. The summed E-state index contributed by atoms with van der Waals surface area (Å²) in [6.07, 6.45) is 7.04. The Morgan fingerprint density at radius 2 is 1.71 bits per heavy atom. The van der Waals surface area contributed by atoms with Crippen LogP contribution >= 0.6 is 0 Å². The van der Waals surface area contributed by atoms with Crippen molar-refractivity contribution in [1.82, 2.24) is 19.5 Å². The Kier molecular flexibility index (Phi) is 4.57. The van der Waals surface area contributed by atoms with Crippen LogP contribution in [0.3, 0.4) is 0 Å². The molecule has 0 spiro atoms. The third-order valence-corrected chi connectivity index (χ3v) is 3.68. The molecule has 2 heterocycles. The number of imidazole rings is 1. The van der Waals surface area contributed by atoms with Gasteiger partial charge in [-0.3, -0.25) is 0 Å². The molecule has 0 amide bonds. The van der Waals surface area contributed by atoms with Crippen molar-refractivity contribution in [1.29, 1.82) is 0 Å². The van der Waals surface area contributed by atoms with Crippen LogP contribution in [-0.2, 0) is 11.3 Å². The van der Waals surface area contributed by atoms with Crippen LogP contribution in [0.4, 0.5) is 0 Å². The minimum atomic E-state index is -0.261. The molecular formula is C18H20N4O2. The van der Waals surface area contributed by atoms with Crippen LogP contribution in [0.5, 0.6) is 11.8 Å². The zero-order chi connectivity index (χ0) is 17.0. The second kappa shape index (κ2) is 6.80. The van der Waals surface area contributed by atoms with Gasteiger partial charge < -0.3 is 14.0 Å². The van der Waals surface area contributed by atoms with Gasteiger partial charge in [-0.2, -0.15) is 0 Å². The van der Waals surface area contributed by atoms with Crippen molar-refractivity contribution in [3.8, 4) is 23.1 Å². The van der Waals surface area contributed by atoms with E-state index in [0.717, 1.165) is 17.9 Å². The number of benzene rings is 1. The first-order chi connectivity index (χ1) is 11.6. The predicted octanol–water partition coefficient (Wildman–Crippen LogP) is 3.56. The largest absolute Gasteiger partial charge is 0.424 e. The standard InChI is InChI=1S/C18H20N4O2/c1-18(2,23-3)13-22-12-11-19-16(22)14-5-7-15(8-6-14)24-17-20-9-4-10-21-17/h4-12H,13H2,1-3H3. The molecule has 0 saturated carbocycles. The fraction of sp³-hybridized carbons (Fsp3) is 0.278. The number of hydrogen-bond donors (Lipinski definition) is 0. The summed E-state index contributed by atoms with van der Waals surface area (Å²) in [7, 11) is 1.72. The molecule has 0 bridgehead atoms. The van der Waals surface area contributed by atoms with Gasteiger partial charge in [0.05, 0.1) is 12.1 Å². The van der Waals surface area contributed by atoms with Crippen LogP contribution in [0.25, 0.3) is 11.4 Å². The van der Waals surface area contributed by atoms with Crippen molar-refractivity contribution in [2.45, 2.75) is 26.0 Å². The molecule has 24 heavy (non-hydrogen) atoms. The van der Waals surface area contributed by atoms with Gasteiger partial charge in [-0.25, -0.2) is 15.0 Å². The summed E-state index contributed by atoms with van der Waals surface area (Å²) in [4.78, 5) is 12.6. The number of rotatable bonds is 6. The molecule has 3 rings (SSSR count). The summed E-state index contributed by atoms with van der Waals surface area (Å²) in [6.45, 7) is 4.82. The third-order valence-electron chi connectivity index (χ3n) is 3.68. The van der Waals surface area contributed by atoms with E-state index in [2.05, 4.69) is 19.5 Å². The van der Waals surface area contributed by atoms with E-state index < -0.39 is 0 Å². The van der Waals surface area contributed by atoms with Gasteiger partial charge >= 0.3 is 6.01 Å². The summed E-state index contributed by atoms with van der Waals surface area (Å²) in [5, 5.41) is 0. The summed E-state index contributed by atoms with van der Waals surface area (Å²) in [6, 6.07) is 9.78. The van der Waals surface area contributed by atoms with Crippen molar-refractivity contribution < 1.29 is 9.47 Å². The highest BCUT2D eigenvalue weighted by Crippen LogP contribution is 2.24. The van der Waals surface area contributed by atoms with Crippen molar-refractivity contribution in [3.63, 3.8) is 0 Å². The molecule has 0 saturated heterocycles. The maximum absolute atomic E-state index is 5.61. The molecular weight excluding hydrogens is 304 g/mol. The molecule has 0 radical (unpaired) electrons. The first-order valence-corrected chi connectivity index (χ1v) is 7.69. The van der Waals surface area contributed by atoms with E-state index in [9.17, 15) is 0 Å². The number of aromatic nitrogens is 4. The van der Waals surface area contributed by atoms with Crippen LogP contribution in [0.2, 0.25) is 0 Å². The van der Waals surface area contributed by atoms with E-state index in [0.29, 0.717) is 11.8 Å². The Hall–Kier alpha value is -2.73. The fourth-order valence-corrected chi connectivity index (χ4v) is 2.29.